The average molecular weight is 1490 g/mol. The molecular weight excluding hydrogens is 1370 g/mol. The molecular formula is C75H124N14O17. The number of carbonyl (C=O) groups excluding carboxylic acids is 14. The minimum Gasteiger partial charge on any atom is -0.458 e. The smallest absolute Gasteiger partial charge is 0.329 e. The number of hydrogen-bond acceptors (Lipinski definition) is 18. The number of nitrogens with two attached hydrogens (primary N) is 1. The number of aliphatic hydroxyl groups excluding tert-OH is 1. The second kappa shape index (κ2) is 43.3. The fourth-order valence-electron chi connectivity index (χ4n) is 12.1. The fraction of sp³-hybridized carbons (Fsp3) is 0.707. The molecule has 106 heavy (non-hydrogen) atoms. The Morgan fingerprint density at radius 3 is 1.71 bits per heavy atom. The Hall–Kier alpha value is -8.58. The molecule has 1 aromatic carbocycles. The maximum absolute atomic E-state index is 15.0. The number of rotatable bonds is 33. The first-order valence-electron chi connectivity index (χ1n) is 37.5. The van der Waals surface area contributed by atoms with Crippen molar-refractivity contribution >= 4 is 82.8 Å². The van der Waals surface area contributed by atoms with Crippen LogP contribution in [0.1, 0.15) is 195 Å². The number of likely N-dealkylation sites (tertiary alicyclic amines) is 1. The summed E-state index contributed by atoms with van der Waals surface area (Å²) in [6.07, 6.45) is 0.00873. The van der Waals surface area contributed by atoms with Crippen molar-refractivity contribution in [3.8, 4) is 0 Å². The number of amides is 13. The third kappa shape index (κ3) is 28.0. The van der Waals surface area contributed by atoms with Gasteiger partial charge in [0.1, 0.15) is 84.3 Å². The fourth-order valence-corrected chi connectivity index (χ4v) is 12.1. The van der Waals surface area contributed by atoms with Gasteiger partial charge in [-0.25, -0.2) is 4.79 Å². The lowest BCUT2D eigenvalue weighted by molar-refractivity contribution is -0.157. The predicted molar refractivity (Wildman–Crippen MR) is 397 cm³/mol. The molecule has 2 fully saturated rings. The van der Waals surface area contributed by atoms with Crippen LogP contribution in [0.4, 0.5) is 0 Å². The van der Waals surface area contributed by atoms with Crippen LogP contribution in [0.25, 0.3) is 0 Å². The molecule has 0 aromatic heterocycles. The van der Waals surface area contributed by atoms with Crippen molar-refractivity contribution in [3.05, 3.63) is 47.7 Å². The Bertz CT molecular complexity index is 3210. The predicted octanol–water partition coefficient (Wildman–Crippen LogP) is 0.951. The molecule has 0 unspecified atom stereocenters. The van der Waals surface area contributed by atoms with Crippen LogP contribution >= 0.6 is 0 Å². The van der Waals surface area contributed by atoms with Gasteiger partial charge in [-0.3, -0.25) is 62.3 Å². The monoisotopic (exact) mass is 1490 g/mol. The summed E-state index contributed by atoms with van der Waals surface area (Å²) in [6.45, 7) is 30.7. The second-order valence-electron chi connectivity index (χ2n) is 30.6. The lowest BCUT2D eigenvalue weighted by atomic mass is 9.95. The van der Waals surface area contributed by atoms with Gasteiger partial charge >= 0.3 is 5.97 Å². The molecule has 0 saturated carbocycles. The Morgan fingerprint density at radius 1 is 0.642 bits per heavy atom. The second-order valence-corrected chi connectivity index (χ2v) is 30.6. The normalized spacial score (nSPS) is 22.6. The summed E-state index contributed by atoms with van der Waals surface area (Å²) in [5, 5.41) is 53.1. The lowest BCUT2D eigenvalue weighted by Crippen LogP contribution is -2.64. The maximum atomic E-state index is 15.0. The van der Waals surface area contributed by atoms with E-state index in [2.05, 4.69) is 63.8 Å². The van der Waals surface area contributed by atoms with Gasteiger partial charge < -0.3 is 89.4 Å². The lowest BCUT2D eigenvalue weighted by Gasteiger charge is -2.33. The molecule has 0 spiro atoms. The number of esters is 1. The molecule has 596 valence electrons. The Labute approximate surface area is 625 Å². The minimum absolute atomic E-state index is 0.0134. The van der Waals surface area contributed by atoms with Crippen LogP contribution in [-0.4, -0.2) is 201 Å². The molecule has 0 aliphatic carbocycles. The highest BCUT2D eigenvalue weighted by atomic mass is 16.5. The van der Waals surface area contributed by atoms with E-state index in [-0.39, 0.29) is 57.3 Å². The number of hydrogen-bond donors (Lipinski definition) is 15. The molecule has 31 heteroatoms. The van der Waals surface area contributed by atoms with Gasteiger partial charge in [-0.2, -0.15) is 0 Å². The van der Waals surface area contributed by atoms with Crippen molar-refractivity contribution in [2.45, 2.75) is 286 Å². The van der Waals surface area contributed by atoms with Gasteiger partial charge in [0, 0.05) is 19.4 Å². The number of cyclic esters (lactones) is 1. The van der Waals surface area contributed by atoms with Crippen molar-refractivity contribution in [2.24, 2.45) is 47.2 Å². The summed E-state index contributed by atoms with van der Waals surface area (Å²) >= 11 is 0. The van der Waals surface area contributed by atoms with Crippen LogP contribution in [-0.2, 0) is 78.3 Å². The Balaban J connectivity index is 1.99. The van der Waals surface area contributed by atoms with Crippen LogP contribution in [0.2, 0.25) is 0 Å². The Kier molecular flexibility index (Phi) is 37.4. The topological polar surface area (TPSA) is 462 Å². The highest BCUT2D eigenvalue weighted by molar-refractivity contribution is 6.03. The molecule has 31 nitrogen and oxygen atoms in total. The molecule has 2 saturated heterocycles. The molecule has 13 amide bonds. The molecule has 0 radical (unpaired) electrons. The molecule has 16 atom stereocenters. The summed E-state index contributed by atoms with van der Waals surface area (Å²) in [4.78, 5) is 202. The first kappa shape index (κ1) is 91.6. The Morgan fingerprint density at radius 2 is 1.18 bits per heavy atom. The quantitative estimate of drug-likeness (QED) is 0.0344. The highest BCUT2D eigenvalue weighted by Crippen LogP contribution is 2.23. The minimum atomic E-state index is -1.83. The highest BCUT2D eigenvalue weighted by Gasteiger charge is 2.45. The van der Waals surface area contributed by atoms with E-state index in [0.717, 1.165) is 0 Å². The van der Waals surface area contributed by atoms with Crippen molar-refractivity contribution in [1.29, 1.82) is 0 Å². The van der Waals surface area contributed by atoms with Crippen molar-refractivity contribution < 1.29 is 82.1 Å². The molecule has 2 aliphatic heterocycles. The average Bonchev–Trinajstić information content (AvgIpc) is 1.54. The van der Waals surface area contributed by atoms with Gasteiger partial charge in [0.2, 0.25) is 70.9 Å². The van der Waals surface area contributed by atoms with Gasteiger partial charge in [0.25, 0.3) is 5.91 Å². The van der Waals surface area contributed by atoms with Gasteiger partial charge in [-0.15, -0.1) is 0 Å². The maximum Gasteiger partial charge on any atom is 0.329 e. The molecule has 16 N–H and O–H groups in total. The van der Waals surface area contributed by atoms with E-state index in [1.54, 1.807) is 141 Å². The zero-order chi connectivity index (χ0) is 80.4. The zero-order valence-corrected chi connectivity index (χ0v) is 65.6. The van der Waals surface area contributed by atoms with Crippen LogP contribution in [0, 0.1) is 41.4 Å². The summed E-state index contributed by atoms with van der Waals surface area (Å²) in [5.74, 6) is -15.9. The summed E-state index contributed by atoms with van der Waals surface area (Å²) in [7, 11) is 0. The number of carbonyl (C=O) groups is 14. The summed E-state index contributed by atoms with van der Waals surface area (Å²) in [6, 6.07) is -7.88. The van der Waals surface area contributed by atoms with Crippen LogP contribution in [0.15, 0.2) is 42.1 Å². The first-order valence-corrected chi connectivity index (χ1v) is 37.5. The molecule has 3 rings (SSSR count). The number of nitrogens with one attached hydrogen (secondary N) is 12. The SMILES string of the molecule is C/C=C1\NC(=O)[C@H](Cc2ccccc2)NC(=O)[C@@H](C(C)C)NC(=O)[C@@H]([C@@H](C)CC)NC(=O)[C@H](NC(=O)[C@H](NC(=O)[C@H](CCCN)NC(=O)[C@H]2CCCN2C(=O)[C@H](NC(=O)[C@@H](NC(=O)[C@@H](NC(=O)[C@H](NC(=O)CCCC(C)(C)O)C(C)C)[C@@H](C)O)C(C)C)C(C)C)[C@@H](C)CC)[C@H](C)OC(=O)[C@H](C(C)C)NC1=O. The third-order valence-electron chi connectivity index (χ3n) is 19.3. The third-order valence-corrected chi connectivity index (χ3v) is 19.3. The van der Waals surface area contributed by atoms with E-state index >= 15 is 9.59 Å². The van der Waals surface area contributed by atoms with Gasteiger partial charge in [-0.1, -0.05) is 146 Å². The van der Waals surface area contributed by atoms with Gasteiger partial charge in [0.05, 0.1) is 11.7 Å². The van der Waals surface area contributed by atoms with E-state index in [1.807, 2.05) is 0 Å². The summed E-state index contributed by atoms with van der Waals surface area (Å²) in [5.41, 5.74) is 5.33. The largest absolute Gasteiger partial charge is 0.458 e. The molecule has 2 heterocycles. The van der Waals surface area contributed by atoms with E-state index in [4.69, 9.17) is 10.5 Å². The van der Waals surface area contributed by atoms with E-state index in [9.17, 15) is 67.7 Å². The first-order chi connectivity index (χ1) is 49.5. The van der Waals surface area contributed by atoms with E-state index in [0.29, 0.717) is 31.2 Å². The summed E-state index contributed by atoms with van der Waals surface area (Å²) < 4.78 is 5.96. The van der Waals surface area contributed by atoms with Crippen LogP contribution in [0.5, 0.6) is 0 Å². The van der Waals surface area contributed by atoms with E-state index < -0.39 is 214 Å². The van der Waals surface area contributed by atoms with Crippen LogP contribution < -0.4 is 69.5 Å². The number of ether oxygens (including phenoxy) is 1. The number of nitrogens with zero attached hydrogens (tertiary/aromatic N) is 1. The van der Waals surface area contributed by atoms with Crippen molar-refractivity contribution in [3.63, 3.8) is 0 Å². The standard InChI is InChI=1S/C75H124N14O17/c1-20-43(14)58(70(100)88-61-46(17)106-74(104)57(42(12)13)84-62(92)48(22-3)77-64(94)50(37-47-29-24-23-25-30-47)79-66(96)54(39(6)7)81-69(99)59(44(15)21-2)86-72(61)102)85-63(93)49(31-27-35-76)78-65(95)51-32-28-36-89(51)73(103)56(41(10)11)83-68(98)55(40(8)9)82-71(101)60(45(16)90)87-67(97)53(38(4)5)80-52(91)33-26-34-75(18,19)105/h22-25,29-30,38-46,49-51,53-61,90,105H,20-21,26-28,31-37,76H2,1-19H3,(H,77,94)(H,78,95)(H,79,96)(H,80,91)(H,81,99)(H,82,101)(H,83,98)(H,84,92)(H,85,93)(H,86,102)(H,87,97)(H,88,100)/b48-22-/t43-,44-,45+,46-,49-,50-,51+,53+,54+,55-,56+,57-,58+,59+,60-,61+/m0/s1. The molecule has 0 bridgehead atoms. The zero-order valence-electron chi connectivity index (χ0n) is 65.6. The molecule has 1 aromatic rings. The number of benzene rings is 1. The number of aliphatic hydroxyl groups is 2. The van der Waals surface area contributed by atoms with E-state index in [1.165, 1.54) is 31.7 Å². The van der Waals surface area contributed by atoms with Gasteiger partial charge in [-0.05, 0) is 127 Å². The van der Waals surface area contributed by atoms with Crippen molar-refractivity contribution in [1.82, 2.24) is 68.7 Å². The van der Waals surface area contributed by atoms with Gasteiger partial charge in [0.15, 0.2) is 0 Å². The number of allylic oxidation sites excluding steroid dienone is 1. The van der Waals surface area contributed by atoms with Crippen LogP contribution in [0.3, 0.4) is 0 Å². The van der Waals surface area contributed by atoms with Crippen molar-refractivity contribution in [2.75, 3.05) is 13.1 Å². The molecule has 2 aliphatic rings.